The van der Waals surface area contributed by atoms with Crippen LogP contribution in [0.15, 0.2) is 66.7 Å². The first-order valence-electron chi connectivity index (χ1n) is 9.56. The van der Waals surface area contributed by atoms with Gasteiger partial charge < -0.3 is 18.9 Å². The van der Waals surface area contributed by atoms with Gasteiger partial charge in [0.25, 0.3) is 0 Å². The summed E-state index contributed by atoms with van der Waals surface area (Å²) >= 11 is 6.02. The molecule has 0 N–H and O–H groups in total. The van der Waals surface area contributed by atoms with Crippen molar-refractivity contribution in [1.29, 1.82) is 0 Å². The van der Waals surface area contributed by atoms with E-state index in [0.29, 0.717) is 39.1 Å². The number of hydrogen-bond donors (Lipinski definition) is 0. The van der Waals surface area contributed by atoms with E-state index in [1.165, 1.54) is 27.4 Å². The Kier molecular flexibility index (Phi) is 7.52. The van der Waals surface area contributed by atoms with Crippen LogP contribution in [0.25, 0.3) is 6.08 Å². The van der Waals surface area contributed by atoms with Crippen LogP contribution in [0, 0.1) is 0 Å². The smallest absolute Gasteiger partial charge is 0.345 e. The third kappa shape index (κ3) is 5.28. The van der Waals surface area contributed by atoms with Gasteiger partial charge in [-0.05, 0) is 60.2 Å². The van der Waals surface area contributed by atoms with Crippen molar-refractivity contribution in [3.63, 3.8) is 0 Å². The maximum atomic E-state index is 12.6. The number of rotatable bonds is 8. The third-order valence-electron chi connectivity index (χ3n) is 4.56. The maximum absolute atomic E-state index is 12.6. The molecule has 6 nitrogen and oxygen atoms in total. The Morgan fingerprint density at radius 3 is 2.03 bits per heavy atom. The van der Waals surface area contributed by atoms with Gasteiger partial charge in [0.1, 0.15) is 5.75 Å². The van der Waals surface area contributed by atoms with Crippen molar-refractivity contribution >= 4 is 29.4 Å². The van der Waals surface area contributed by atoms with Crippen molar-refractivity contribution in [1.82, 2.24) is 0 Å². The highest BCUT2D eigenvalue weighted by Crippen LogP contribution is 2.38. The van der Waals surface area contributed by atoms with Crippen molar-refractivity contribution in [2.75, 3.05) is 21.3 Å². The van der Waals surface area contributed by atoms with Gasteiger partial charge in [-0.3, -0.25) is 4.79 Å². The van der Waals surface area contributed by atoms with Gasteiger partial charge in [-0.1, -0.05) is 29.8 Å². The number of methoxy groups -OCH3 is 3. The molecule has 3 aromatic carbocycles. The molecule has 32 heavy (non-hydrogen) atoms. The van der Waals surface area contributed by atoms with Crippen molar-refractivity contribution in [3.05, 3.63) is 88.5 Å². The fourth-order valence-electron chi connectivity index (χ4n) is 2.94. The van der Waals surface area contributed by atoms with Crippen molar-refractivity contribution in [2.24, 2.45) is 0 Å². The average molecular weight is 453 g/mol. The molecule has 0 spiro atoms. The second kappa shape index (κ2) is 10.5. The van der Waals surface area contributed by atoms with Crippen LogP contribution in [-0.4, -0.2) is 33.1 Å². The van der Waals surface area contributed by atoms with Gasteiger partial charge in [0.15, 0.2) is 17.3 Å². The number of hydrogen-bond acceptors (Lipinski definition) is 6. The molecule has 0 amide bonds. The molecule has 0 radical (unpaired) electrons. The minimum Gasteiger partial charge on any atom is -0.493 e. The quantitative estimate of drug-likeness (QED) is 0.195. The van der Waals surface area contributed by atoms with E-state index in [4.69, 9.17) is 30.5 Å². The van der Waals surface area contributed by atoms with Crippen LogP contribution in [0.2, 0.25) is 5.02 Å². The predicted molar refractivity (Wildman–Crippen MR) is 122 cm³/mol. The Morgan fingerprint density at radius 1 is 0.844 bits per heavy atom. The van der Waals surface area contributed by atoms with Gasteiger partial charge >= 0.3 is 5.97 Å². The summed E-state index contributed by atoms with van der Waals surface area (Å²) in [6, 6.07) is 16.4. The van der Waals surface area contributed by atoms with Gasteiger partial charge in [-0.25, -0.2) is 4.79 Å². The largest absolute Gasteiger partial charge is 0.493 e. The molecule has 0 aliphatic rings. The first kappa shape index (κ1) is 22.9. The van der Waals surface area contributed by atoms with E-state index in [1.807, 2.05) is 0 Å². The molecule has 3 rings (SSSR count). The molecular formula is C25H21ClO6. The van der Waals surface area contributed by atoms with Gasteiger partial charge in [-0.2, -0.15) is 0 Å². The number of ketones is 1. The monoisotopic (exact) mass is 452 g/mol. The zero-order valence-electron chi connectivity index (χ0n) is 17.8. The van der Waals surface area contributed by atoms with Crippen LogP contribution < -0.4 is 18.9 Å². The summed E-state index contributed by atoms with van der Waals surface area (Å²) in [6.45, 7) is 0. The summed E-state index contributed by atoms with van der Waals surface area (Å²) in [5.41, 5.74) is 1.41. The van der Waals surface area contributed by atoms with Crippen LogP contribution >= 0.6 is 11.6 Å². The summed E-state index contributed by atoms with van der Waals surface area (Å²) in [7, 11) is 4.57. The molecule has 0 fully saturated rings. The first-order valence-corrected chi connectivity index (χ1v) is 9.93. The van der Waals surface area contributed by atoms with Crippen LogP contribution in [0.3, 0.4) is 0 Å². The zero-order chi connectivity index (χ0) is 23.1. The highest BCUT2D eigenvalue weighted by molar-refractivity contribution is 6.33. The highest BCUT2D eigenvalue weighted by Gasteiger charge is 2.14. The van der Waals surface area contributed by atoms with Gasteiger partial charge in [0.2, 0.25) is 5.75 Å². The third-order valence-corrected chi connectivity index (χ3v) is 4.89. The highest BCUT2D eigenvalue weighted by atomic mass is 35.5. The SMILES string of the molecule is COc1cc(/C=C/C(=O)c2ccc(OC(=O)c3ccccc3Cl)cc2)cc(OC)c1OC. The number of ether oxygens (including phenoxy) is 4. The van der Waals surface area contributed by atoms with Crippen LogP contribution in [0.4, 0.5) is 0 Å². The van der Waals surface area contributed by atoms with E-state index in [-0.39, 0.29) is 11.3 Å². The normalized spacial score (nSPS) is 10.6. The van der Waals surface area contributed by atoms with Gasteiger partial charge in [0.05, 0.1) is 31.9 Å². The summed E-state index contributed by atoms with van der Waals surface area (Å²) in [5.74, 6) is 0.965. The first-order chi connectivity index (χ1) is 15.5. The lowest BCUT2D eigenvalue weighted by Crippen LogP contribution is -2.09. The predicted octanol–water partition coefficient (Wildman–Crippen LogP) is 5.48. The number of allylic oxidation sites excluding steroid dienone is 1. The lowest BCUT2D eigenvalue weighted by molar-refractivity contribution is 0.0735. The Hall–Kier alpha value is -3.77. The van der Waals surface area contributed by atoms with E-state index in [1.54, 1.807) is 66.7 Å². The van der Waals surface area contributed by atoms with Crippen LogP contribution in [0.5, 0.6) is 23.0 Å². The molecule has 0 aromatic heterocycles. The molecule has 0 atom stereocenters. The average Bonchev–Trinajstić information content (AvgIpc) is 2.82. The molecule has 0 saturated heterocycles. The Balaban J connectivity index is 1.72. The van der Waals surface area contributed by atoms with Crippen molar-refractivity contribution in [3.8, 4) is 23.0 Å². The molecule has 7 heteroatoms. The Morgan fingerprint density at radius 2 is 1.47 bits per heavy atom. The number of carbonyl (C=O) groups is 2. The zero-order valence-corrected chi connectivity index (χ0v) is 18.5. The molecule has 0 bridgehead atoms. The van der Waals surface area contributed by atoms with E-state index < -0.39 is 5.97 Å². The summed E-state index contributed by atoms with van der Waals surface area (Å²) in [5, 5.41) is 0.307. The molecule has 0 saturated carbocycles. The maximum Gasteiger partial charge on any atom is 0.345 e. The minimum absolute atomic E-state index is 0.220. The van der Waals surface area contributed by atoms with E-state index in [2.05, 4.69) is 0 Å². The fourth-order valence-corrected chi connectivity index (χ4v) is 3.15. The summed E-state index contributed by atoms with van der Waals surface area (Å²) in [4.78, 5) is 24.8. The van der Waals surface area contributed by atoms with Gasteiger partial charge in [0, 0.05) is 5.56 Å². The van der Waals surface area contributed by atoms with Crippen LogP contribution in [0.1, 0.15) is 26.3 Å². The molecule has 164 valence electrons. The Labute approximate surface area is 190 Å². The van der Waals surface area contributed by atoms with E-state index in [0.717, 1.165) is 0 Å². The van der Waals surface area contributed by atoms with Crippen molar-refractivity contribution < 1.29 is 28.5 Å². The van der Waals surface area contributed by atoms with Gasteiger partial charge in [-0.15, -0.1) is 0 Å². The number of halogens is 1. The lowest BCUT2D eigenvalue weighted by Gasteiger charge is -2.12. The lowest BCUT2D eigenvalue weighted by atomic mass is 10.1. The second-order valence-corrected chi connectivity index (χ2v) is 6.96. The summed E-state index contributed by atoms with van der Waals surface area (Å²) < 4.78 is 21.3. The number of carbonyl (C=O) groups excluding carboxylic acids is 2. The molecule has 0 aliphatic carbocycles. The molecule has 0 heterocycles. The van der Waals surface area contributed by atoms with Crippen LogP contribution in [-0.2, 0) is 0 Å². The topological polar surface area (TPSA) is 71.1 Å². The number of benzene rings is 3. The molecular weight excluding hydrogens is 432 g/mol. The number of esters is 1. The van der Waals surface area contributed by atoms with E-state index >= 15 is 0 Å². The molecule has 0 unspecified atom stereocenters. The minimum atomic E-state index is -0.572. The molecule has 3 aromatic rings. The standard InChI is InChI=1S/C25H21ClO6/c1-29-22-14-16(15-23(30-2)24(22)31-3)8-13-21(27)17-9-11-18(12-10-17)32-25(28)19-6-4-5-7-20(19)26/h4-15H,1-3H3/b13-8+. The summed E-state index contributed by atoms with van der Waals surface area (Å²) in [6.07, 6.45) is 3.09. The Bertz CT molecular complexity index is 1130. The van der Waals surface area contributed by atoms with Crippen molar-refractivity contribution in [2.45, 2.75) is 0 Å². The molecule has 0 aliphatic heterocycles. The fraction of sp³-hybridized carbons (Fsp3) is 0.120. The second-order valence-electron chi connectivity index (χ2n) is 6.55. The van der Waals surface area contributed by atoms with E-state index in [9.17, 15) is 9.59 Å².